The van der Waals surface area contributed by atoms with Gasteiger partial charge in [0.1, 0.15) is 0 Å². The van der Waals surface area contributed by atoms with Crippen LogP contribution in [0.2, 0.25) is 0 Å². The summed E-state index contributed by atoms with van der Waals surface area (Å²) in [5, 5.41) is 0.925. The number of nitrogens with zero attached hydrogens (tertiary/aromatic N) is 2. The molecule has 2 aromatic heterocycles. The topological polar surface area (TPSA) is 95.2 Å². The first-order chi connectivity index (χ1) is 10.6. The molecule has 112 valence electrons. The molecule has 8 heteroatoms. The van der Waals surface area contributed by atoms with E-state index in [0.29, 0.717) is 9.99 Å². The third kappa shape index (κ3) is 2.63. The molecule has 0 radical (unpaired) electrons. The number of aromatic nitrogens is 2. The number of benzene rings is 1. The molecule has 0 aliphatic heterocycles. The minimum absolute atomic E-state index is 0.242. The molecule has 2 N–H and O–H groups in total. The van der Waals surface area contributed by atoms with Gasteiger partial charge in [-0.2, -0.15) is 12.7 Å². The Bertz CT molecular complexity index is 906. The number of hydrogen-bond donors (Lipinski definition) is 2. The van der Waals surface area contributed by atoms with Crippen molar-refractivity contribution in [3.8, 4) is 0 Å². The van der Waals surface area contributed by atoms with Gasteiger partial charge in [-0.25, -0.2) is 0 Å². The second kappa shape index (κ2) is 5.49. The first-order valence-electron chi connectivity index (χ1n) is 6.35. The maximum absolute atomic E-state index is 12.4. The van der Waals surface area contributed by atoms with Crippen molar-refractivity contribution in [3.63, 3.8) is 0 Å². The van der Waals surface area contributed by atoms with E-state index in [4.69, 9.17) is 0 Å². The number of carbonyl (C=O) groups is 1. The van der Waals surface area contributed by atoms with Gasteiger partial charge in [-0.05, 0) is 35.7 Å². The van der Waals surface area contributed by atoms with Crippen LogP contribution in [0.3, 0.4) is 0 Å². The summed E-state index contributed by atoms with van der Waals surface area (Å²) in [6.07, 6.45) is 4.90. The van der Waals surface area contributed by atoms with Crippen molar-refractivity contribution < 1.29 is 13.2 Å². The predicted molar refractivity (Wildman–Crippen MR) is 83.6 cm³/mol. The van der Waals surface area contributed by atoms with Gasteiger partial charge < -0.3 is 4.98 Å². The minimum atomic E-state index is -4.06. The summed E-state index contributed by atoms with van der Waals surface area (Å²) in [6, 6.07) is 9.74. The lowest BCUT2D eigenvalue weighted by molar-refractivity contribution is -0.106. The molecule has 0 saturated heterocycles. The molecule has 1 aromatic carbocycles. The molecule has 0 aliphatic carbocycles. The minimum Gasteiger partial charge on any atom is -0.361 e. The molecular weight excluding hydrogens is 304 g/mol. The van der Waals surface area contributed by atoms with Crippen molar-refractivity contribution in [1.29, 1.82) is 0 Å². The highest BCUT2D eigenvalue weighted by atomic mass is 32.2. The number of H-pyrrole nitrogens is 1. The van der Waals surface area contributed by atoms with Crippen LogP contribution in [0.1, 0.15) is 0 Å². The molecule has 0 aliphatic rings. The Morgan fingerprint density at radius 2 is 1.91 bits per heavy atom. The van der Waals surface area contributed by atoms with E-state index in [1.807, 2.05) is 6.07 Å². The molecule has 3 rings (SSSR count). The first kappa shape index (κ1) is 14.1. The number of pyridine rings is 1. The Kier molecular flexibility index (Phi) is 3.51. The molecule has 22 heavy (non-hydrogen) atoms. The van der Waals surface area contributed by atoms with Crippen molar-refractivity contribution in [3.05, 3.63) is 55.0 Å². The maximum atomic E-state index is 12.4. The molecule has 0 atom stereocenters. The third-order valence-corrected chi connectivity index (χ3v) is 4.38. The van der Waals surface area contributed by atoms with Crippen LogP contribution >= 0.6 is 0 Å². The van der Waals surface area contributed by atoms with E-state index < -0.39 is 10.2 Å². The van der Waals surface area contributed by atoms with E-state index in [0.717, 1.165) is 10.9 Å². The van der Waals surface area contributed by atoms with Gasteiger partial charge in [0, 0.05) is 24.1 Å². The van der Waals surface area contributed by atoms with Crippen LogP contribution in [0.15, 0.2) is 55.0 Å². The van der Waals surface area contributed by atoms with Crippen molar-refractivity contribution in [2.75, 3.05) is 9.03 Å². The summed E-state index contributed by atoms with van der Waals surface area (Å²) in [4.78, 5) is 18.1. The number of fused-ring (bicyclic) bond motifs is 1. The molecular formula is C14H12N4O3S. The molecule has 0 spiro atoms. The number of anilines is 2. The summed E-state index contributed by atoms with van der Waals surface area (Å²) in [5.41, 5.74) is 1.30. The summed E-state index contributed by atoms with van der Waals surface area (Å²) in [5.74, 6) is 0. The van der Waals surface area contributed by atoms with Gasteiger partial charge in [-0.3, -0.25) is 14.5 Å². The van der Waals surface area contributed by atoms with E-state index in [-0.39, 0.29) is 12.1 Å². The Morgan fingerprint density at radius 1 is 1.14 bits per heavy atom. The number of amides is 1. The number of nitrogens with one attached hydrogen (secondary N) is 2. The van der Waals surface area contributed by atoms with Crippen LogP contribution in [0.5, 0.6) is 0 Å². The van der Waals surface area contributed by atoms with E-state index in [1.54, 1.807) is 24.4 Å². The van der Waals surface area contributed by atoms with E-state index in [1.165, 1.54) is 24.5 Å². The SMILES string of the molecule is O=CN(c1ccc2cc[nH]c2c1)S(=O)(=O)Nc1ccncc1. The van der Waals surface area contributed by atoms with Gasteiger partial charge in [0.25, 0.3) is 0 Å². The second-order valence-corrected chi connectivity index (χ2v) is 6.04. The smallest absolute Gasteiger partial charge is 0.330 e. The zero-order chi connectivity index (χ0) is 15.6. The average Bonchev–Trinajstić information content (AvgIpc) is 2.96. The van der Waals surface area contributed by atoms with Gasteiger partial charge in [0.15, 0.2) is 0 Å². The fourth-order valence-electron chi connectivity index (χ4n) is 2.05. The quantitative estimate of drug-likeness (QED) is 0.703. The van der Waals surface area contributed by atoms with Gasteiger partial charge in [0.05, 0.1) is 11.4 Å². The maximum Gasteiger partial charge on any atom is 0.330 e. The fourth-order valence-corrected chi connectivity index (χ4v) is 3.08. The van der Waals surface area contributed by atoms with Gasteiger partial charge >= 0.3 is 10.2 Å². The zero-order valence-electron chi connectivity index (χ0n) is 11.3. The van der Waals surface area contributed by atoms with Crippen molar-refractivity contribution in [2.45, 2.75) is 0 Å². The lowest BCUT2D eigenvalue weighted by atomic mass is 10.2. The van der Waals surface area contributed by atoms with Gasteiger partial charge in [-0.15, -0.1) is 0 Å². The Balaban J connectivity index is 1.97. The van der Waals surface area contributed by atoms with E-state index >= 15 is 0 Å². The highest BCUT2D eigenvalue weighted by molar-refractivity contribution is 7.94. The van der Waals surface area contributed by atoms with Crippen molar-refractivity contribution >= 4 is 38.9 Å². The predicted octanol–water partition coefficient (Wildman–Crippen LogP) is 1.88. The van der Waals surface area contributed by atoms with E-state index in [2.05, 4.69) is 14.7 Å². The average molecular weight is 316 g/mol. The zero-order valence-corrected chi connectivity index (χ0v) is 12.1. The molecule has 7 nitrogen and oxygen atoms in total. The molecule has 0 fully saturated rings. The van der Waals surface area contributed by atoms with Crippen LogP contribution in [-0.4, -0.2) is 24.8 Å². The fraction of sp³-hybridized carbons (Fsp3) is 0. The van der Waals surface area contributed by atoms with Crippen LogP contribution in [0.25, 0.3) is 10.9 Å². The molecule has 3 aromatic rings. The van der Waals surface area contributed by atoms with Gasteiger partial charge in [0.2, 0.25) is 6.41 Å². The van der Waals surface area contributed by atoms with E-state index in [9.17, 15) is 13.2 Å². The summed E-state index contributed by atoms with van der Waals surface area (Å²) in [6.45, 7) is 0. The normalized spacial score (nSPS) is 11.3. The summed E-state index contributed by atoms with van der Waals surface area (Å²) in [7, 11) is -4.06. The van der Waals surface area contributed by atoms with Crippen LogP contribution in [0, 0.1) is 0 Å². The molecule has 0 unspecified atom stereocenters. The second-order valence-electron chi connectivity index (χ2n) is 4.49. The molecule has 2 heterocycles. The van der Waals surface area contributed by atoms with Crippen molar-refractivity contribution in [2.24, 2.45) is 0 Å². The van der Waals surface area contributed by atoms with Gasteiger partial charge in [-0.1, -0.05) is 6.07 Å². The largest absolute Gasteiger partial charge is 0.361 e. The lowest BCUT2D eigenvalue weighted by Crippen LogP contribution is -2.34. The first-order valence-corrected chi connectivity index (χ1v) is 7.79. The van der Waals surface area contributed by atoms with Crippen molar-refractivity contribution in [1.82, 2.24) is 9.97 Å². The number of carbonyl (C=O) groups excluding carboxylic acids is 1. The number of hydrogen-bond acceptors (Lipinski definition) is 4. The monoisotopic (exact) mass is 316 g/mol. The molecule has 0 bridgehead atoms. The highest BCUT2D eigenvalue weighted by Crippen LogP contribution is 2.23. The van der Waals surface area contributed by atoms with Crippen LogP contribution < -0.4 is 9.03 Å². The Labute approximate surface area is 126 Å². The molecule has 1 amide bonds. The molecule has 0 saturated carbocycles. The number of rotatable bonds is 5. The standard InChI is InChI=1S/C14H12N4O3S/c19-10-18(13-2-1-11-3-8-16-14(11)9-13)22(20,21)17-12-4-6-15-7-5-12/h1-10,16H,(H,15,17). The third-order valence-electron chi connectivity index (χ3n) is 3.07. The number of aromatic amines is 1. The lowest BCUT2D eigenvalue weighted by Gasteiger charge is -2.18. The summed E-state index contributed by atoms with van der Waals surface area (Å²) < 4.78 is 27.7. The van der Waals surface area contributed by atoms with Crippen LogP contribution in [0.4, 0.5) is 11.4 Å². The Morgan fingerprint density at radius 3 is 2.64 bits per heavy atom. The summed E-state index contributed by atoms with van der Waals surface area (Å²) >= 11 is 0. The van der Waals surface area contributed by atoms with Crippen LogP contribution in [-0.2, 0) is 15.0 Å². The Hall–Kier alpha value is -2.87. The highest BCUT2D eigenvalue weighted by Gasteiger charge is 2.22.